The van der Waals surface area contributed by atoms with E-state index in [1.807, 2.05) is 42.5 Å². The second-order valence-electron chi connectivity index (χ2n) is 12.8. The summed E-state index contributed by atoms with van der Waals surface area (Å²) >= 11 is 1.21. The molecule has 2 aliphatic heterocycles. The topological polar surface area (TPSA) is 122 Å². The molecular formula is C37H38FN5O5S. The van der Waals surface area contributed by atoms with Crippen molar-refractivity contribution in [1.82, 2.24) is 20.7 Å². The van der Waals surface area contributed by atoms with E-state index in [2.05, 4.69) is 27.2 Å². The van der Waals surface area contributed by atoms with Gasteiger partial charge in [-0.3, -0.25) is 14.4 Å². The highest BCUT2D eigenvalue weighted by Gasteiger charge is 2.61. The summed E-state index contributed by atoms with van der Waals surface area (Å²) in [6.45, 7) is 0.147. The van der Waals surface area contributed by atoms with Crippen molar-refractivity contribution >= 4 is 45.0 Å². The third kappa shape index (κ3) is 7.39. The molecule has 1 aliphatic carbocycles. The fourth-order valence-corrected chi connectivity index (χ4v) is 7.56. The number of hydrogen-bond acceptors (Lipinski definition) is 8. The van der Waals surface area contributed by atoms with E-state index in [-0.39, 0.29) is 30.6 Å². The summed E-state index contributed by atoms with van der Waals surface area (Å²) in [7, 11) is 0. The van der Waals surface area contributed by atoms with E-state index in [0.717, 1.165) is 31.4 Å². The van der Waals surface area contributed by atoms with Crippen LogP contribution in [0.4, 0.5) is 10.1 Å². The zero-order chi connectivity index (χ0) is 33.8. The molecule has 0 radical (unpaired) electrons. The highest BCUT2D eigenvalue weighted by molar-refractivity contribution is 7.20. The predicted molar refractivity (Wildman–Crippen MR) is 184 cm³/mol. The van der Waals surface area contributed by atoms with Crippen molar-refractivity contribution in [2.24, 2.45) is 5.92 Å². The summed E-state index contributed by atoms with van der Waals surface area (Å²) in [5.74, 6) is -1.25. The quantitative estimate of drug-likeness (QED) is 0.167. The highest BCUT2D eigenvalue weighted by Crippen LogP contribution is 2.45. The smallest absolute Gasteiger partial charge is 0.278 e. The van der Waals surface area contributed by atoms with Crippen LogP contribution in [0.2, 0.25) is 0 Å². The van der Waals surface area contributed by atoms with Gasteiger partial charge < -0.3 is 25.1 Å². The monoisotopic (exact) mass is 683 g/mol. The van der Waals surface area contributed by atoms with Gasteiger partial charge in [-0.15, -0.1) is 0 Å². The Morgan fingerprint density at radius 1 is 1.02 bits per heavy atom. The number of hydroxylamine groups is 1. The molecule has 3 aromatic carbocycles. The molecule has 2 fully saturated rings. The number of halogens is 1. The van der Waals surface area contributed by atoms with E-state index >= 15 is 0 Å². The summed E-state index contributed by atoms with van der Waals surface area (Å²) in [5.41, 5.74) is 2.73. The Hall–Kier alpha value is -4.97. The van der Waals surface area contributed by atoms with Crippen molar-refractivity contribution in [1.29, 1.82) is 0 Å². The van der Waals surface area contributed by atoms with Gasteiger partial charge in [0.05, 0.1) is 16.8 Å². The van der Waals surface area contributed by atoms with Crippen LogP contribution in [0.15, 0.2) is 91.0 Å². The van der Waals surface area contributed by atoms with Gasteiger partial charge in [-0.2, -0.15) is 5.48 Å². The fraction of sp³-hybridized carbons (Fsp3) is 0.351. The zero-order valence-electron chi connectivity index (χ0n) is 26.8. The number of nitrogens with zero attached hydrogens (tertiary/aromatic N) is 2. The molecule has 0 spiro atoms. The normalized spacial score (nSPS) is 25.7. The van der Waals surface area contributed by atoms with E-state index in [1.165, 1.54) is 23.5 Å². The number of allylic oxidation sites excluding steroid dienone is 1. The molecule has 49 heavy (non-hydrogen) atoms. The first-order chi connectivity index (χ1) is 23.9. The third-order valence-electron chi connectivity index (χ3n) is 9.36. The SMILES string of the molecule is O=C1N[C@]2(C(=O)NOc3ccccc3)C[C@H]2C=CCCCCC[C@H](Nc2ccccc2)C(=O)N2C[C@H](Oc3nc4ccc(F)cc4s3)C[C@@H]12. The summed E-state index contributed by atoms with van der Waals surface area (Å²) in [5, 5.41) is 6.78. The summed E-state index contributed by atoms with van der Waals surface area (Å²) in [6, 6.07) is 21.3. The van der Waals surface area contributed by atoms with Gasteiger partial charge in [0.2, 0.25) is 11.8 Å². The Balaban J connectivity index is 1.16. The second-order valence-corrected chi connectivity index (χ2v) is 13.8. The van der Waals surface area contributed by atoms with Crippen LogP contribution in [-0.4, -0.2) is 57.9 Å². The largest absolute Gasteiger partial charge is 0.465 e. The van der Waals surface area contributed by atoms with Gasteiger partial charge in [0.25, 0.3) is 11.1 Å². The van der Waals surface area contributed by atoms with Gasteiger partial charge in [-0.25, -0.2) is 9.37 Å². The Bertz CT molecular complexity index is 1840. The Morgan fingerprint density at radius 2 is 1.82 bits per heavy atom. The number of benzene rings is 3. The molecule has 10 nitrogen and oxygen atoms in total. The minimum Gasteiger partial charge on any atom is -0.465 e. The van der Waals surface area contributed by atoms with Crippen LogP contribution in [0.25, 0.3) is 10.2 Å². The van der Waals surface area contributed by atoms with E-state index in [9.17, 15) is 18.8 Å². The van der Waals surface area contributed by atoms with Crippen LogP contribution in [0.1, 0.15) is 44.9 Å². The molecule has 12 heteroatoms. The number of aromatic nitrogens is 1. The standard InChI is InChI=1S/C37H38FN5O5S/c38-25-18-19-29-32(20-25)49-36(40-29)47-28-21-31-33(44)41-37(35(46)42-48-27-15-9-5-10-16-27)22-24(37)12-6-2-1-3-11-17-30(34(45)43(31)23-28)39-26-13-7-4-8-14-26/h4-10,12-16,18-20,24,28,30-31,39H,1-3,11,17,21-23H2,(H,41,44)(H,42,46)/t24-,28-,30+,31+,37-/m1/s1. The number of anilines is 1. The van der Waals surface area contributed by atoms with E-state index in [0.29, 0.717) is 34.0 Å². The van der Waals surface area contributed by atoms with Gasteiger partial charge in [0, 0.05) is 18.0 Å². The fourth-order valence-electron chi connectivity index (χ4n) is 6.66. The first-order valence-corrected chi connectivity index (χ1v) is 17.6. The molecule has 1 saturated carbocycles. The van der Waals surface area contributed by atoms with E-state index in [4.69, 9.17) is 9.57 Å². The number of carbonyl (C=O) groups is 3. The highest BCUT2D eigenvalue weighted by atomic mass is 32.1. The summed E-state index contributed by atoms with van der Waals surface area (Å²) in [4.78, 5) is 54.0. The number of ether oxygens (including phenoxy) is 1. The maximum absolute atomic E-state index is 14.4. The van der Waals surface area contributed by atoms with E-state index < -0.39 is 35.5 Å². The number of para-hydroxylation sites is 2. The third-order valence-corrected chi connectivity index (χ3v) is 10.3. The van der Waals surface area contributed by atoms with Gasteiger partial charge >= 0.3 is 0 Å². The molecule has 3 N–H and O–H groups in total. The lowest BCUT2D eigenvalue weighted by atomic mass is 10.0. The number of thiazole rings is 1. The van der Waals surface area contributed by atoms with Gasteiger partial charge in [0.15, 0.2) is 5.75 Å². The molecule has 254 valence electrons. The first kappa shape index (κ1) is 32.6. The number of nitrogens with one attached hydrogen (secondary N) is 3. The lowest BCUT2D eigenvalue weighted by Crippen LogP contribution is -2.57. The molecule has 1 aromatic heterocycles. The molecule has 0 unspecified atom stereocenters. The van der Waals surface area contributed by atoms with Gasteiger partial charge in [-0.05, 0) is 68.1 Å². The molecule has 3 amide bonds. The van der Waals surface area contributed by atoms with Gasteiger partial charge in [0.1, 0.15) is 29.5 Å². The van der Waals surface area contributed by atoms with Crippen LogP contribution < -0.4 is 25.7 Å². The Labute approximate surface area is 287 Å². The number of fused-ring (bicyclic) bond motifs is 3. The van der Waals surface area contributed by atoms with Crippen LogP contribution in [0.5, 0.6) is 10.9 Å². The number of hydrogen-bond donors (Lipinski definition) is 3. The molecule has 3 heterocycles. The number of amides is 3. The molecule has 3 aliphatic rings. The minimum atomic E-state index is -1.23. The predicted octanol–water partition coefficient (Wildman–Crippen LogP) is 5.77. The molecule has 7 rings (SSSR count). The molecule has 1 saturated heterocycles. The lowest BCUT2D eigenvalue weighted by molar-refractivity contribution is -0.141. The van der Waals surface area contributed by atoms with Crippen LogP contribution in [0, 0.1) is 11.7 Å². The van der Waals surface area contributed by atoms with Crippen LogP contribution in [0.3, 0.4) is 0 Å². The van der Waals surface area contributed by atoms with Crippen molar-refractivity contribution in [2.45, 2.75) is 68.7 Å². The zero-order valence-corrected chi connectivity index (χ0v) is 27.7. The molecular weight excluding hydrogens is 646 g/mol. The van der Waals surface area contributed by atoms with Gasteiger partial charge in [-0.1, -0.05) is 72.7 Å². The second kappa shape index (κ2) is 14.3. The number of rotatable bonds is 7. The summed E-state index contributed by atoms with van der Waals surface area (Å²) in [6.07, 6.45) is 8.22. The van der Waals surface area contributed by atoms with Crippen molar-refractivity contribution in [3.8, 4) is 10.9 Å². The van der Waals surface area contributed by atoms with Crippen LogP contribution in [-0.2, 0) is 14.4 Å². The van der Waals surface area contributed by atoms with Crippen molar-refractivity contribution in [3.05, 3.63) is 96.8 Å². The maximum atomic E-state index is 14.4. The number of carbonyl (C=O) groups excluding carboxylic acids is 3. The van der Waals surface area contributed by atoms with Crippen LogP contribution >= 0.6 is 11.3 Å². The lowest BCUT2D eigenvalue weighted by Gasteiger charge is -2.30. The van der Waals surface area contributed by atoms with E-state index in [1.54, 1.807) is 35.2 Å². The average molecular weight is 684 g/mol. The Morgan fingerprint density at radius 3 is 2.63 bits per heavy atom. The van der Waals surface area contributed by atoms with Crippen molar-refractivity contribution in [3.63, 3.8) is 0 Å². The summed E-state index contributed by atoms with van der Waals surface area (Å²) < 4.78 is 20.8. The molecule has 5 atom stereocenters. The Kier molecular flexibility index (Phi) is 9.47. The maximum Gasteiger partial charge on any atom is 0.278 e. The minimum absolute atomic E-state index is 0.147. The van der Waals surface area contributed by atoms with Crippen molar-refractivity contribution < 1.29 is 28.3 Å². The van der Waals surface area contributed by atoms with Crippen molar-refractivity contribution in [2.75, 3.05) is 11.9 Å². The molecule has 0 bridgehead atoms. The average Bonchev–Trinajstić information content (AvgIpc) is 3.41. The molecule has 4 aromatic rings. The first-order valence-electron chi connectivity index (χ1n) is 16.7.